The summed E-state index contributed by atoms with van der Waals surface area (Å²) < 4.78 is 28.8. The normalized spacial score (nSPS) is 37.9. The van der Waals surface area contributed by atoms with Gasteiger partial charge < -0.3 is 59.4 Å². The SMILES string of the molecule is CCOc1ccc(Cc2cc([C@]34OC[C@](CO)(O3)[C@@H](O)[C@H](O)C4O[C@@H]3O[C@H](C(=O)O)[C@@H](O)[C@H](O)[C@H]3O)ccc2Cl)cc1. The summed E-state index contributed by atoms with van der Waals surface area (Å²) in [5.74, 6) is -2.94. The van der Waals surface area contributed by atoms with Crippen LogP contribution in [0.2, 0.25) is 5.02 Å². The van der Waals surface area contributed by atoms with Gasteiger partial charge in [-0.25, -0.2) is 4.79 Å². The molecule has 0 spiro atoms. The van der Waals surface area contributed by atoms with Crippen molar-refractivity contribution >= 4 is 17.6 Å². The Morgan fingerprint density at radius 1 is 1.02 bits per heavy atom. The predicted octanol–water partition coefficient (Wildman–Crippen LogP) is -0.727. The van der Waals surface area contributed by atoms with Crippen LogP contribution in [0.15, 0.2) is 42.5 Å². The minimum absolute atomic E-state index is 0.264. The highest BCUT2D eigenvalue weighted by Crippen LogP contribution is 2.51. The molecule has 1 unspecified atom stereocenters. The van der Waals surface area contributed by atoms with Gasteiger partial charge in [0.15, 0.2) is 12.4 Å². The fraction of sp³-hybridized carbons (Fsp3) is 0.536. The molecule has 5 rings (SSSR count). The Kier molecular flexibility index (Phi) is 8.83. The molecular weight excluding hydrogens is 580 g/mol. The van der Waals surface area contributed by atoms with Gasteiger partial charge >= 0.3 is 5.97 Å². The van der Waals surface area contributed by atoms with Crippen LogP contribution in [0.25, 0.3) is 0 Å². The molecule has 3 saturated heterocycles. The molecule has 7 N–H and O–H groups in total. The summed E-state index contributed by atoms with van der Waals surface area (Å²) in [6, 6.07) is 12.1. The lowest BCUT2D eigenvalue weighted by Crippen LogP contribution is -2.68. The monoisotopic (exact) mass is 612 g/mol. The van der Waals surface area contributed by atoms with Crippen molar-refractivity contribution in [2.75, 3.05) is 19.8 Å². The maximum atomic E-state index is 11.6. The van der Waals surface area contributed by atoms with Gasteiger partial charge in [0.2, 0.25) is 5.79 Å². The quantitative estimate of drug-likeness (QED) is 0.187. The average molecular weight is 613 g/mol. The number of hydrogen-bond donors (Lipinski definition) is 7. The van der Waals surface area contributed by atoms with Crippen molar-refractivity contribution in [2.45, 2.75) is 73.8 Å². The van der Waals surface area contributed by atoms with Crippen LogP contribution in [0.4, 0.5) is 0 Å². The van der Waals surface area contributed by atoms with E-state index in [4.69, 9.17) is 35.3 Å². The predicted molar refractivity (Wildman–Crippen MR) is 142 cm³/mol. The second kappa shape index (κ2) is 11.9. The van der Waals surface area contributed by atoms with E-state index in [1.54, 1.807) is 12.1 Å². The maximum absolute atomic E-state index is 11.6. The van der Waals surface area contributed by atoms with E-state index < -0.39 is 73.0 Å². The van der Waals surface area contributed by atoms with Crippen LogP contribution < -0.4 is 4.74 Å². The summed E-state index contributed by atoms with van der Waals surface area (Å²) >= 11 is 6.53. The molecule has 42 heavy (non-hydrogen) atoms. The van der Waals surface area contributed by atoms with Crippen LogP contribution in [-0.4, -0.2) is 116 Å². The van der Waals surface area contributed by atoms with Crippen LogP contribution in [0, 0.1) is 0 Å². The van der Waals surface area contributed by atoms with E-state index in [-0.39, 0.29) is 12.2 Å². The van der Waals surface area contributed by atoms with Crippen molar-refractivity contribution in [1.29, 1.82) is 0 Å². The second-order valence-electron chi connectivity index (χ2n) is 10.6. The first kappa shape index (κ1) is 31.0. The minimum Gasteiger partial charge on any atom is -0.494 e. The number of carboxylic acid groups (broad SMARTS) is 1. The highest BCUT2D eigenvalue weighted by Gasteiger charge is 2.69. The molecule has 3 fully saturated rings. The van der Waals surface area contributed by atoms with Crippen LogP contribution in [0.3, 0.4) is 0 Å². The zero-order valence-electron chi connectivity index (χ0n) is 22.4. The summed E-state index contributed by atoms with van der Waals surface area (Å²) in [7, 11) is 0. The highest BCUT2D eigenvalue weighted by atomic mass is 35.5. The molecule has 3 heterocycles. The molecule has 230 valence electrons. The zero-order valence-corrected chi connectivity index (χ0v) is 23.2. The number of halogens is 1. The molecule has 0 amide bonds. The number of carbonyl (C=O) groups is 1. The number of ether oxygens (including phenoxy) is 5. The van der Waals surface area contributed by atoms with E-state index in [0.717, 1.165) is 5.56 Å². The van der Waals surface area contributed by atoms with E-state index in [9.17, 15) is 40.5 Å². The Labute approximate surface area is 245 Å². The average Bonchev–Trinajstić information content (AvgIpc) is 3.35. The van der Waals surface area contributed by atoms with E-state index in [1.165, 1.54) is 6.07 Å². The maximum Gasteiger partial charge on any atom is 0.335 e. The van der Waals surface area contributed by atoms with Gasteiger partial charge in [-0.05, 0) is 48.7 Å². The van der Waals surface area contributed by atoms with Gasteiger partial charge in [0.05, 0.1) is 19.8 Å². The molecule has 3 aliphatic heterocycles. The number of aliphatic carboxylic acids is 1. The molecule has 13 nitrogen and oxygen atoms in total. The summed E-state index contributed by atoms with van der Waals surface area (Å²) in [6.07, 6.45) is -14.7. The molecular formula is C28H33ClO13. The van der Waals surface area contributed by atoms with Crippen molar-refractivity contribution in [3.05, 3.63) is 64.2 Å². The Hall–Kier alpha value is -2.40. The van der Waals surface area contributed by atoms with Gasteiger partial charge in [-0.3, -0.25) is 0 Å². The highest BCUT2D eigenvalue weighted by molar-refractivity contribution is 6.31. The van der Waals surface area contributed by atoms with Crippen molar-refractivity contribution in [3.8, 4) is 5.75 Å². The van der Waals surface area contributed by atoms with Gasteiger partial charge in [-0.2, -0.15) is 0 Å². The molecule has 2 aromatic rings. The lowest BCUT2D eigenvalue weighted by molar-refractivity contribution is -0.383. The molecule has 0 aromatic heterocycles. The molecule has 2 aromatic carbocycles. The number of benzene rings is 2. The zero-order chi connectivity index (χ0) is 30.4. The topological polar surface area (TPSA) is 205 Å². The van der Waals surface area contributed by atoms with E-state index >= 15 is 0 Å². The largest absolute Gasteiger partial charge is 0.494 e. The molecule has 10 atom stereocenters. The second-order valence-corrected chi connectivity index (χ2v) is 11.0. The fourth-order valence-electron chi connectivity index (χ4n) is 5.55. The third-order valence-electron chi connectivity index (χ3n) is 7.87. The number of hydrogen-bond acceptors (Lipinski definition) is 12. The summed E-state index contributed by atoms with van der Waals surface area (Å²) in [4.78, 5) is 11.6. The standard InChI is InChI=1S/C28H33ClO13/c1-2-38-16-6-3-13(4-7-16)9-14-10-15(5-8-17(14)29)28-24(21(34)23(35)27(11-30,42-28)12-39-28)41-26-20(33)18(31)19(32)22(40-26)25(36)37/h3-8,10,18-24,26,30-35H,2,9,11-12H2,1H3,(H,36,37)/t18-,19-,20+,21-,22-,23-,24?,26-,27-,28-/m0/s1. The smallest absolute Gasteiger partial charge is 0.335 e. The first-order chi connectivity index (χ1) is 20.0. The van der Waals surface area contributed by atoms with Gasteiger partial charge in [0.25, 0.3) is 0 Å². The Bertz CT molecular complexity index is 1280. The molecule has 2 bridgehead atoms. The fourth-order valence-corrected chi connectivity index (χ4v) is 5.74. The van der Waals surface area contributed by atoms with Crippen LogP contribution in [0.5, 0.6) is 5.75 Å². The van der Waals surface area contributed by atoms with Crippen LogP contribution >= 0.6 is 11.6 Å². The first-order valence-corrected chi connectivity index (χ1v) is 13.7. The van der Waals surface area contributed by atoms with E-state index in [2.05, 4.69) is 0 Å². The summed E-state index contributed by atoms with van der Waals surface area (Å²) in [5.41, 5.74) is 0.0318. The Morgan fingerprint density at radius 3 is 2.38 bits per heavy atom. The lowest BCUT2D eigenvalue weighted by Gasteiger charge is -2.49. The number of rotatable bonds is 9. The molecule has 3 aliphatic rings. The number of aliphatic hydroxyl groups excluding tert-OH is 6. The third-order valence-corrected chi connectivity index (χ3v) is 8.24. The van der Waals surface area contributed by atoms with Crippen LogP contribution in [0.1, 0.15) is 23.6 Å². The Balaban J connectivity index is 1.51. The van der Waals surface area contributed by atoms with Crippen molar-refractivity contribution in [2.24, 2.45) is 0 Å². The van der Waals surface area contributed by atoms with Crippen LogP contribution in [-0.2, 0) is 35.9 Å². The molecule has 0 radical (unpaired) electrons. The molecule has 14 heteroatoms. The first-order valence-electron chi connectivity index (χ1n) is 13.4. The minimum atomic E-state index is -2.01. The third kappa shape index (κ3) is 5.29. The number of aliphatic hydroxyl groups is 6. The number of fused-ring (bicyclic) bond motifs is 2. The van der Waals surface area contributed by atoms with Gasteiger partial charge in [-0.15, -0.1) is 0 Å². The van der Waals surface area contributed by atoms with Gasteiger partial charge in [-0.1, -0.05) is 29.8 Å². The molecule has 0 aliphatic carbocycles. The van der Waals surface area contributed by atoms with Gasteiger partial charge in [0, 0.05) is 10.6 Å². The van der Waals surface area contributed by atoms with Crippen molar-refractivity contribution in [1.82, 2.24) is 0 Å². The van der Waals surface area contributed by atoms with Gasteiger partial charge in [0.1, 0.15) is 48.0 Å². The summed E-state index contributed by atoms with van der Waals surface area (Å²) in [5, 5.41) is 73.0. The van der Waals surface area contributed by atoms with Crippen molar-refractivity contribution in [3.63, 3.8) is 0 Å². The van der Waals surface area contributed by atoms with E-state index in [0.29, 0.717) is 29.4 Å². The molecule has 0 saturated carbocycles. The van der Waals surface area contributed by atoms with E-state index in [1.807, 2.05) is 31.2 Å². The lowest BCUT2D eigenvalue weighted by atomic mass is 9.83. The Morgan fingerprint density at radius 2 is 1.74 bits per heavy atom. The summed E-state index contributed by atoms with van der Waals surface area (Å²) in [6.45, 7) is 1.30. The van der Waals surface area contributed by atoms with Crippen molar-refractivity contribution < 1.29 is 64.2 Å². The number of carboxylic acids is 1.